The van der Waals surface area contributed by atoms with E-state index in [2.05, 4.69) is 5.32 Å². The van der Waals surface area contributed by atoms with Crippen LogP contribution in [0.1, 0.15) is 0 Å². The van der Waals surface area contributed by atoms with Crippen LogP contribution in [0.15, 0.2) is 30.3 Å². The van der Waals surface area contributed by atoms with Crippen LogP contribution in [0, 0.1) is 0 Å². The lowest BCUT2D eigenvalue weighted by Crippen LogP contribution is -2.38. The van der Waals surface area contributed by atoms with Crippen molar-refractivity contribution in [2.24, 2.45) is 0 Å². The van der Waals surface area contributed by atoms with E-state index in [4.69, 9.17) is 9.84 Å². The maximum atomic E-state index is 11.2. The van der Waals surface area contributed by atoms with Gasteiger partial charge in [0.25, 0.3) is 5.91 Å². The van der Waals surface area contributed by atoms with Crippen LogP contribution < -0.4 is 10.1 Å². The predicted molar refractivity (Wildman–Crippen MR) is 52.0 cm³/mol. The van der Waals surface area contributed by atoms with Crippen molar-refractivity contribution in [3.63, 3.8) is 0 Å². The SMILES string of the molecule is CNC(=O)C(CO)Oc1ccccc1. The van der Waals surface area contributed by atoms with Crippen LogP contribution >= 0.6 is 0 Å². The van der Waals surface area contributed by atoms with Gasteiger partial charge in [0.2, 0.25) is 0 Å². The van der Waals surface area contributed by atoms with Gasteiger partial charge in [-0.25, -0.2) is 0 Å². The molecule has 0 aliphatic carbocycles. The third kappa shape index (κ3) is 2.74. The van der Waals surface area contributed by atoms with Crippen LogP contribution in [-0.4, -0.2) is 30.8 Å². The van der Waals surface area contributed by atoms with Crippen molar-refractivity contribution in [2.45, 2.75) is 6.10 Å². The smallest absolute Gasteiger partial charge is 0.263 e. The number of hydrogen-bond acceptors (Lipinski definition) is 3. The molecule has 0 aliphatic rings. The molecule has 0 saturated carbocycles. The van der Waals surface area contributed by atoms with Gasteiger partial charge in [-0.05, 0) is 12.1 Å². The van der Waals surface area contributed by atoms with Crippen LogP contribution in [-0.2, 0) is 4.79 Å². The van der Waals surface area contributed by atoms with Crippen LogP contribution in [0.4, 0.5) is 0 Å². The summed E-state index contributed by atoms with van der Waals surface area (Å²) in [4.78, 5) is 11.2. The number of amides is 1. The van der Waals surface area contributed by atoms with E-state index in [1.165, 1.54) is 7.05 Å². The average molecular weight is 195 g/mol. The topological polar surface area (TPSA) is 58.6 Å². The Morgan fingerprint density at radius 2 is 2.14 bits per heavy atom. The van der Waals surface area contributed by atoms with Gasteiger partial charge >= 0.3 is 0 Å². The van der Waals surface area contributed by atoms with E-state index in [-0.39, 0.29) is 12.5 Å². The fourth-order valence-electron chi connectivity index (χ4n) is 0.998. The summed E-state index contributed by atoms with van der Waals surface area (Å²) in [5, 5.41) is 11.3. The van der Waals surface area contributed by atoms with E-state index < -0.39 is 6.10 Å². The first-order chi connectivity index (χ1) is 6.77. The molecular formula is C10H13NO3. The molecule has 1 aromatic rings. The molecule has 76 valence electrons. The molecule has 0 aliphatic heterocycles. The van der Waals surface area contributed by atoms with Gasteiger partial charge < -0.3 is 15.2 Å². The molecule has 1 amide bonds. The van der Waals surface area contributed by atoms with Crippen molar-refractivity contribution in [1.29, 1.82) is 0 Å². The summed E-state index contributed by atoms with van der Waals surface area (Å²) >= 11 is 0. The number of para-hydroxylation sites is 1. The van der Waals surface area contributed by atoms with Crippen molar-refractivity contribution in [2.75, 3.05) is 13.7 Å². The number of hydrogen-bond donors (Lipinski definition) is 2. The minimum Gasteiger partial charge on any atom is -0.478 e. The number of rotatable bonds is 4. The lowest BCUT2D eigenvalue weighted by molar-refractivity contribution is -0.129. The summed E-state index contributed by atoms with van der Waals surface area (Å²) in [6.45, 7) is -0.339. The molecule has 4 heteroatoms. The van der Waals surface area contributed by atoms with Gasteiger partial charge in [0.1, 0.15) is 5.75 Å². The number of carbonyl (C=O) groups excluding carboxylic acids is 1. The van der Waals surface area contributed by atoms with Crippen LogP contribution in [0.2, 0.25) is 0 Å². The summed E-state index contributed by atoms with van der Waals surface area (Å²) < 4.78 is 5.25. The maximum Gasteiger partial charge on any atom is 0.263 e. The van der Waals surface area contributed by atoms with E-state index in [0.29, 0.717) is 5.75 Å². The summed E-state index contributed by atoms with van der Waals surface area (Å²) in [5.74, 6) is 0.228. The van der Waals surface area contributed by atoms with E-state index in [1.54, 1.807) is 24.3 Å². The summed E-state index contributed by atoms with van der Waals surface area (Å²) in [6.07, 6.45) is -0.845. The van der Waals surface area contributed by atoms with Gasteiger partial charge in [0.15, 0.2) is 6.10 Å². The van der Waals surface area contributed by atoms with Crippen LogP contribution in [0.3, 0.4) is 0 Å². The highest BCUT2D eigenvalue weighted by Crippen LogP contribution is 2.10. The lowest BCUT2D eigenvalue weighted by atomic mass is 10.3. The molecule has 0 heterocycles. The molecule has 0 fully saturated rings. The van der Waals surface area contributed by atoms with Gasteiger partial charge in [0.05, 0.1) is 6.61 Å². The monoisotopic (exact) mass is 195 g/mol. The molecular weight excluding hydrogens is 182 g/mol. The first-order valence-electron chi connectivity index (χ1n) is 4.32. The fraction of sp³-hybridized carbons (Fsp3) is 0.300. The number of benzene rings is 1. The van der Waals surface area contributed by atoms with E-state index in [1.807, 2.05) is 6.07 Å². The average Bonchev–Trinajstić information content (AvgIpc) is 2.26. The van der Waals surface area contributed by atoms with E-state index >= 15 is 0 Å². The van der Waals surface area contributed by atoms with Crippen LogP contribution in [0.5, 0.6) is 5.75 Å². The molecule has 14 heavy (non-hydrogen) atoms. The highest BCUT2D eigenvalue weighted by atomic mass is 16.5. The number of likely N-dealkylation sites (N-methyl/N-ethyl adjacent to an activating group) is 1. The Morgan fingerprint density at radius 3 is 2.64 bits per heavy atom. The predicted octanol–water partition coefficient (Wildman–Crippen LogP) is 0.172. The Kier molecular flexibility index (Phi) is 3.94. The molecule has 0 bridgehead atoms. The molecule has 0 radical (unpaired) electrons. The molecule has 1 rings (SSSR count). The first-order valence-corrected chi connectivity index (χ1v) is 4.32. The number of nitrogens with one attached hydrogen (secondary N) is 1. The second-order valence-corrected chi connectivity index (χ2v) is 2.72. The third-order valence-corrected chi connectivity index (χ3v) is 1.73. The minimum atomic E-state index is -0.845. The molecule has 0 aromatic heterocycles. The zero-order valence-corrected chi connectivity index (χ0v) is 7.93. The molecule has 4 nitrogen and oxygen atoms in total. The molecule has 1 atom stereocenters. The number of aliphatic hydroxyl groups is 1. The Bertz CT molecular complexity index is 287. The molecule has 0 spiro atoms. The first kappa shape index (κ1) is 10.5. The highest BCUT2D eigenvalue weighted by molar-refractivity contribution is 5.80. The fourth-order valence-corrected chi connectivity index (χ4v) is 0.998. The van der Waals surface area contributed by atoms with Crippen molar-refractivity contribution >= 4 is 5.91 Å². The van der Waals surface area contributed by atoms with Gasteiger partial charge in [-0.3, -0.25) is 4.79 Å². The molecule has 1 aromatic carbocycles. The number of ether oxygens (including phenoxy) is 1. The largest absolute Gasteiger partial charge is 0.478 e. The van der Waals surface area contributed by atoms with Crippen molar-refractivity contribution in [3.05, 3.63) is 30.3 Å². The Balaban J connectivity index is 2.62. The summed E-state index contributed by atoms with van der Waals surface area (Å²) in [6, 6.07) is 8.90. The quantitative estimate of drug-likeness (QED) is 0.720. The van der Waals surface area contributed by atoms with E-state index in [9.17, 15) is 4.79 Å². The van der Waals surface area contributed by atoms with Crippen molar-refractivity contribution in [3.8, 4) is 5.75 Å². The normalized spacial score (nSPS) is 11.9. The Labute approximate surface area is 82.5 Å². The second kappa shape index (κ2) is 5.24. The summed E-state index contributed by atoms with van der Waals surface area (Å²) in [7, 11) is 1.50. The molecule has 2 N–H and O–H groups in total. The van der Waals surface area contributed by atoms with Crippen molar-refractivity contribution < 1.29 is 14.6 Å². The van der Waals surface area contributed by atoms with Gasteiger partial charge in [-0.1, -0.05) is 18.2 Å². The van der Waals surface area contributed by atoms with Gasteiger partial charge in [0, 0.05) is 7.05 Å². The second-order valence-electron chi connectivity index (χ2n) is 2.72. The standard InChI is InChI=1S/C10H13NO3/c1-11-10(13)9(7-12)14-8-5-3-2-4-6-8/h2-6,9,12H,7H2,1H3,(H,11,13). The third-order valence-electron chi connectivity index (χ3n) is 1.73. The Morgan fingerprint density at radius 1 is 1.50 bits per heavy atom. The Hall–Kier alpha value is -1.55. The number of aliphatic hydroxyl groups excluding tert-OH is 1. The van der Waals surface area contributed by atoms with Crippen molar-refractivity contribution in [1.82, 2.24) is 5.32 Å². The number of carbonyl (C=O) groups is 1. The zero-order chi connectivity index (χ0) is 10.4. The zero-order valence-electron chi connectivity index (χ0n) is 7.93. The minimum absolute atomic E-state index is 0.337. The highest BCUT2D eigenvalue weighted by Gasteiger charge is 2.17. The van der Waals surface area contributed by atoms with Crippen LogP contribution in [0.25, 0.3) is 0 Å². The molecule has 0 saturated heterocycles. The lowest BCUT2D eigenvalue weighted by Gasteiger charge is -2.14. The molecule has 1 unspecified atom stereocenters. The maximum absolute atomic E-state index is 11.2. The van der Waals surface area contributed by atoms with E-state index in [0.717, 1.165) is 0 Å². The van der Waals surface area contributed by atoms with Gasteiger partial charge in [-0.2, -0.15) is 0 Å². The van der Waals surface area contributed by atoms with Gasteiger partial charge in [-0.15, -0.1) is 0 Å². The summed E-state index contributed by atoms with van der Waals surface area (Å²) in [5.41, 5.74) is 0.